The first-order chi connectivity index (χ1) is 15.4. The van der Waals surface area contributed by atoms with Gasteiger partial charge in [-0.15, -0.1) is 0 Å². The van der Waals surface area contributed by atoms with Crippen LogP contribution in [-0.4, -0.2) is 19.7 Å². The van der Waals surface area contributed by atoms with Crippen LogP contribution in [0.3, 0.4) is 0 Å². The van der Waals surface area contributed by atoms with Crippen molar-refractivity contribution in [1.29, 1.82) is 5.26 Å². The molecule has 0 atom stereocenters. The number of para-hydroxylation sites is 1. The zero-order chi connectivity index (χ0) is 23.1. The number of methoxy groups -OCH3 is 1. The molecular formula is C26H22ClNO4. The van der Waals surface area contributed by atoms with Gasteiger partial charge in [-0.2, -0.15) is 5.26 Å². The predicted octanol–water partition coefficient (Wildman–Crippen LogP) is 6.01. The van der Waals surface area contributed by atoms with Crippen LogP contribution in [0.15, 0.2) is 60.7 Å². The first kappa shape index (κ1) is 22.9. The molecule has 32 heavy (non-hydrogen) atoms. The zero-order valence-electron chi connectivity index (χ0n) is 18.0. The van der Waals surface area contributed by atoms with Gasteiger partial charge < -0.3 is 14.2 Å². The van der Waals surface area contributed by atoms with E-state index in [4.69, 9.17) is 25.8 Å². The van der Waals surface area contributed by atoms with Gasteiger partial charge in [0, 0.05) is 5.02 Å². The lowest BCUT2D eigenvalue weighted by molar-refractivity contribution is -0.136. The third-order valence-corrected chi connectivity index (χ3v) is 4.99. The van der Waals surface area contributed by atoms with Crippen molar-refractivity contribution in [3.05, 3.63) is 87.9 Å². The van der Waals surface area contributed by atoms with Crippen molar-refractivity contribution >= 4 is 29.2 Å². The van der Waals surface area contributed by atoms with E-state index >= 15 is 0 Å². The number of nitriles is 1. The Morgan fingerprint density at radius 1 is 1.03 bits per heavy atom. The number of nitrogens with zero attached hydrogens (tertiary/aromatic N) is 1. The second-order valence-electron chi connectivity index (χ2n) is 7.07. The van der Waals surface area contributed by atoms with Crippen molar-refractivity contribution < 1.29 is 19.0 Å². The van der Waals surface area contributed by atoms with Gasteiger partial charge in [-0.1, -0.05) is 48.0 Å². The van der Waals surface area contributed by atoms with E-state index in [0.717, 1.165) is 22.3 Å². The highest BCUT2D eigenvalue weighted by Gasteiger charge is 2.13. The minimum Gasteiger partial charge on any atom is -0.493 e. The SMILES string of the molecule is COc1cc(/C=C(/C#N)c2ccc(Cl)cc2)ccc1OC(=O)COc1c(C)cccc1C. The largest absolute Gasteiger partial charge is 0.493 e. The highest BCUT2D eigenvalue weighted by molar-refractivity contribution is 6.30. The summed E-state index contributed by atoms with van der Waals surface area (Å²) in [5, 5.41) is 10.1. The molecular weight excluding hydrogens is 426 g/mol. The van der Waals surface area contributed by atoms with Gasteiger partial charge in [0.15, 0.2) is 18.1 Å². The molecule has 162 valence electrons. The fraction of sp³-hybridized carbons (Fsp3) is 0.154. The topological polar surface area (TPSA) is 68.5 Å². The molecule has 0 spiro atoms. The summed E-state index contributed by atoms with van der Waals surface area (Å²) in [6, 6.07) is 20.0. The molecule has 0 aliphatic rings. The van der Waals surface area contributed by atoms with Crippen molar-refractivity contribution in [3.8, 4) is 23.3 Å². The first-order valence-electron chi connectivity index (χ1n) is 9.86. The molecule has 3 aromatic carbocycles. The minimum atomic E-state index is -0.548. The van der Waals surface area contributed by atoms with Gasteiger partial charge in [-0.3, -0.25) is 0 Å². The van der Waals surface area contributed by atoms with Gasteiger partial charge in [0.05, 0.1) is 18.8 Å². The molecule has 0 bridgehead atoms. The molecule has 0 saturated heterocycles. The molecule has 5 nitrogen and oxygen atoms in total. The molecule has 0 N–H and O–H groups in total. The summed E-state index contributed by atoms with van der Waals surface area (Å²) in [4.78, 5) is 12.3. The van der Waals surface area contributed by atoms with Crippen LogP contribution in [0, 0.1) is 25.2 Å². The third-order valence-electron chi connectivity index (χ3n) is 4.74. The molecule has 0 unspecified atom stereocenters. The maximum Gasteiger partial charge on any atom is 0.349 e. The summed E-state index contributed by atoms with van der Waals surface area (Å²) in [7, 11) is 1.48. The lowest BCUT2D eigenvalue weighted by Crippen LogP contribution is -2.18. The number of carbonyl (C=O) groups excluding carboxylic acids is 1. The number of aryl methyl sites for hydroxylation is 2. The molecule has 6 heteroatoms. The second-order valence-corrected chi connectivity index (χ2v) is 7.51. The standard InChI is InChI=1S/C26H22ClNO4/c1-17-5-4-6-18(2)26(17)31-16-25(29)32-23-12-7-19(14-24(23)30-3)13-21(15-28)20-8-10-22(27)11-9-20/h4-14H,16H2,1-3H3/b21-13-. The van der Waals surface area contributed by atoms with Crippen molar-refractivity contribution in [2.75, 3.05) is 13.7 Å². The van der Waals surface area contributed by atoms with Crippen molar-refractivity contribution in [2.45, 2.75) is 13.8 Å². The van der Waals surface area contributed by atoms with Crippen molar-refractivity contribution in [3.63, 3.8) is 0 Å². The predicted molar refractivity (Wildman–Crippen MR) is 125 cm³/mol. The number of allylic oxidation sites excluding steroid dienone is 1. The molecule has 3 rings (SSSR count). The maximum atomic E-state index is 12.3. The summed E-state index contributed by atoms with van der Waals surface area (Å²) >= 11 is 5.92. The van der Waals surface area contributed by atoms with E-state index in [-0.39, 0.29) is 12.4 Å². The van der Waals surface area contributed by atoms with Crippen molar-refractivity contribution in [1.82, 2.24) is 0 Å². The van der Waals surface area contributed by atoms with Crippen LogP contribution in [0.1, 0.15) is 22.3 Å². The Morgan fingerprint density at radius 3 is 2.34 bits per heavy atom. The number of ether oxygens (including phenoxy) is 3. The quantitative estimate of drug-likeness (QED) is 0.192. The Labute approximate surface area is 192 Å². The van der Waals surface area contributed by atoms with Gasteiger partial charge in [0.2, 0.25) is 0 Å². The fourth-order valence-electron chi connectivity index (χ4n) is 3.14. The average Bonchev–Trinajstić information content (AvgIpc) is 2.78. The summed E-state index contributed by atoms with van der Waals surface area (Å²) in [6.45, 7) is 3.61. The summed E-state index contributed by atoms with van der Waals surface area (Å²) in [5.41, 5.74) is 3.83. The summed E-state index contributed by atoms with van der Waals surface area (Å²) < 4.78 is 16.5. The molecule has 0 aromatic heterocycles. The molecule has 0 aliphatic carbocycles. The number of esters is 1. The molecule has 0 radical (unpaired) electrons. The van der Waals surface area contributed by atoms with E-state index in [1.54, 1.807) is 48.5 Å². The van der Waals surface area contributed by atoms with Gasteiger partial charge in [0.25, 0.3) is 0 Å². The molecule has 0 fully saturated rings. The van der Waals surface area contributed by atoms with Crippen LogP contribution in [0.25, 0.3) is 11.6 Å². The van der Waals surface area contributed by atoms with Gasteiger partial charge in [0.1, 0.15) is 5.75 Å². The van der Waals surface area contributed by atoms with E-state index in [1.807, 2.05) is 32.0 Å². The van der Waals surface area contributed by atoms with Crippen LogP contribution in [0.5, 0.6) is 17.2 Å². The van der Waals surface area contributed by atoms with Crippen LogP contribution in [0.4, 0.5) is 0 Å². The second kappa shape index (κ2) is 10.5. The molecule has 0 heterocycles. The summed E-state index contributed by atoms with van der Waals surface area (Å²) in [6.07, 6.45) is 1.72. The van der Waals surface area contributed by atoms with Crippen LogP contribution < -0.4 is 14.2 Å². The Balaban J connectivity index is 1.74. The zero-order valence-corrected chi connectivity index (χ0v) is 18.8. The number of halogens is 1. The normalized spacial score (nSPS) is 10.9. The van der Waals surface area contributed by atoms with Gasteiger partial charge in [-0.05, 0) is 66.4 Å². The van der Waals surface area contributed by atoms with E-state index in [9.17, 15) is 10.1 Å². The van der Waals surface area contributed by atoms with Gasteiger partial charge in [-0.25, -0.2) is 4.79 Å². The Kier molecular flexibility index (Phi) is 7.54. The highest BCUT2D eigenvalue weighted by Crippen LogP contribution is 2.30. The number of hydrogen-bond acceptors (Lipinski definition) is 5. The number of benzene rings is 3. The molecule has 0 saturated carbocycles. The number of rotatable bonds is 7. The van der Waals surface area contributed by atoms with Crippen LogP contribution in [-0.2, 0) is 4.79 Å². The number of hydrogen-bond donors (Lipinski definition) is 0. The first-order valence-corrected chi connectivity index (χ1v) is 10.2. The Bertz CT molecular complexity index is 1170. The minimum absolute atomic E-state index is 0.231. The van der Waals surface area contributed by atoms with E-state index in [1.165, 1.54) is 7.11 Å². The monoisotopic (exact) mass is 447 g/mol. The van der Waals surface area contributed by atoms with Gasteiger partial charge >= 0.3 is 5.97 Å². The Morgan fingerprint density at radius 2 is 1.72 bits per heavy atom. The van der Waals surface area contributed by atoms with E-state index in [2.05, 4.69) is 6.07 Å². The molecule has 0 aliphatic heterocycles. The van der Waals surface area contributed by atoms with Crippen LogP contribution >= 0.6 is 11.6 Å². The van der Waals surface area contributed by atoms with E-state index in [0.29, 0.717) is 22.1 Å². The van der Waals surface area contributed by atoms with E-state index < -0.39 is 5.97 Å². The Hall–Kier alpha value is -3.75. The average molecular weight is 448 g/mol. The molecule has 0 amide bonds. The lowest BCUT2D eigenvalue weighted by atomic mass is 10.0. The third kappa shape index (κ3) is 5.69. The highest BCUT2D eigenvalue weighted by atomic mass is 35.5. The summed E-state index contributed by atoms with van der Waals surface area (Å²) in [5.74, 6) is 0.758. The maximum absolute atomic E-state index is 12.3. The smallest absolute Gasteiger partial charge is 0.349 e. The molecule has 3 aromatic rings. The fourth-order valence-corrected chi connectivity index (χ4v) is 3.27. The number of carbonyl (C=O) groups is 1. The van der Waals surface area contributed by atoms with Crippen molar-refractivity contribution in [2.24, 2.45) is 0 Å². The van der Waals surface area contributed by atoms with Crippen LogP contribution in [0.2, 0.25) is 5.02 Å². The lowest BCUT2D eigenvalue weighted by Gasteiger charge is -2.13.